The number of nitrogens with one attached hydrogen (secondary N) is 1. The van der Waals surface area contributed by atoms with Gasteiger partial charge in [-0.15, -0.1) is 12.4 Å². The standard InChI is InChI=1S/C16H26N2O.ClH/c1-11-6-8-13(9-7-11)12(2)10-18-15(19)14(17)16(3,4)5;/h6-9,12,14H,10,17H2,1-5H3,(H,18,19);1H/t12?,14-;/m1./s1. The molecule has 0 fully saturated rings. The van der Waals surface area contributed by atoms with Crippen molar-refractivity contribution in [3.63, 3.8) is 0 Å². The molecule has 0 aliphatic rings. The Morgan fingerprint density at radius 1 is 1.25 bits per heavy atom. The van der Waals surface area contributed by atoms with E-state index in [1.165, 1.54) is 11.1 Å². The Hall–Kier alpha value is -1.06. The van der Waals surface area contributed by atoms with Gasteiger partial charge in [0.25, 0.3) is 0 Å². The molecular formula is C16H27ClN2O. The Balaban J connectivity index is 0.00000361. The number of halogens is 1. The molecule has 1 rings (SSSR count). The van der Waals surface area contributed by atoms with Gasteiger partial charge in [-0.05, 0) is 23.8 Å². The van der Waals surface area contributed by atoms with E-state index in [-0.39, 0.29) is 29.6 Å². The molecule has 4 heteroatoms. The molecule has 3 nitrogen and oxygen atoms in total. The zero-order valence-corrected chi connectivity index (χ0v) is 13.9. The summed E-state index contributed by atoms with van der Waals surface area (Å²) in [6.07, 6.45) is 0. The maximum Gasteiger partial charge on any atom is 0.237 e. The summed E-state index contributed by atoms with van der Waals surface area (Å²) in [6, 6.07) is 7.92. The molecule has 0 spiro atoms. The SMILES string of the molecule is Cc1ccc(C(C)CNC(=O)[C@@H](N)C(C)(C)C)cc1.Cl. The van der Waals surface area contributed by atoms with Crippen molar-refractivity contribution < 1.29 is 4.79 Å². The summed E-state index contributed by atoms with van der Waals surface area (Å²) in [4.78, 5) is 11.9. The van der Waals surface area contributed by atoms with Crippen molar-refractivity contribution in [3.05, 3.63) is 35.4 Å². The van der Waals surface area contributed by atoms with Crippen LogP contribution in [0.5, 0.6) is 0 Å². The minimum Gasteiger partial charge on any atom is -0.354 e. The van der Waals surface area contributed by atoms with Gasteiger partial charge in [0.2, 0.25) is 5.91 Å². The van der Waals surface area contributed by atoms with Gasteiger partial charge in [0.15, 0.2) is 0 Å². The number of carbonyl (C=O) groups excluding carboxylic acids is 1. The molecule has 1 unspecified atom stereocenters. The fourth-order valence-electron chi connectivity index (χ4n) is 1.77. The Kier molecular flexibility index (Phi) is 7.25. The fraction of sp³-hybridized carbons (Fsp3) is 0.562. The lowest BCUT2D eigenvalue weighted by Crippen LogP contribution is -2.49. The Morgan fingerprint density at radius 2 is 1.75 bits per heavy atom. The highest BCUT2D eigenvalue weighted by Gasteiger charge is 2.27. The van der Waals surface area contributed by atoms with Gasteiger partial charge in [-0.25, -0.2) is 0 Å². The van der Waals surface area contributed by atoms with Crippen molar-refractivity contribution in [2.45, 2.75) is 46.6 Å². The van der Waals surface area contributed by atoms with Gasteiger partial charge in [-0.3, -0.25) is 4.79 Å². The predicted molar refractivity (Wildman–Crippen MR) is 87.3 cm³/mol. The van der Waals surface area contributed by atoms with E-state index in [1.807, 2.05) is 20.8 Å². The van der Waals surface area contributed by atoms with E-state index < -0.39 is 6.04 Å². The lowest BCUT2D eigenvalue weighted by molar-refractivity contribution is -0.124. The minimum atomic E-state index is -0.474. The van der Waals surface area contributed by atoms with Crippen molar-refractivity contribution in [2.24, 2.45) is 11.1 Å². The average molecular weight is 299 g/mol. The first kappa shape index (κ1) is 18.9. The number of hydrogen-bond acceptors (Lipinski definition) is 2. The highest BCUT2D eigenvalue weighted by molar-refractivity contribution is 5.85. The molecule has 0 saturated heterocycles. The average Bonchev–Trinajstić information content (AvgIpc) is 2.34. The van der Waals surface area contributed by atoms with Crippen LogP contribution in [0.25, 0.3) is 0 Å². The summed E-state index contributed by atoms with van der Waals surface area (Å²) in [5.74, 6) is 0.211. The first-order chi connectivity index (χ1) is 8.71. The molecule has 1 amide bonds. The van der Waals surface area contributed by atoms with Crippen molar-refractivity contribution in [3.8, 4) is 0 Å². The second-order valence-corrected chi connectivity index (χ2v) is 6.40. The highest BCUT2D eigenvalue weighted by Crippen LogP contribution is 2.18. The summed E-state index contributed by atoms with van der Waals surface area (Å²) in [6.45, 7) is 10.7. The molecular weight excluding hydrogens is 272 g/mol. The number of nitrogens with two attached hydrogens (primary N) is 1. The molecule has 0 aliphatic heterocycles. The van der Waals surface area contributed by atoms with E-state index in [2.05, 4.69) is 43.4 Å². The highest BCUT2D eigenvalue weighted by atomic mass is 35.5. The van der Waals surface area contributed by atoms with Crippen molar-refractivity contribution >= 4 is 18.3 Å². The molecule has 20 heavy (non-hydrogen) atoms. The Bertz CT molecular complexity index is 423. The second kappa shape index (κ2) is 7.65. The van der Waals surface area contributed by atoms with Gasteiger partial charge in [0.05, 0.1) is 6.04 Å². The lowest BCUT2D eigenvalue weighted by atomic mass is 9.87. The van der Waals surface area contributed by atoms with Crippen LogP contribution in [0.3, 0.4) is 0 Å². The first-order valence-corrected chi connectivity index (χ1v) is 6.81. The molecule has 0 aromatic heterocycles. The Labute approximate surface area is 128 Å². The number of benzene rings is 1. The van der Waals surface area contributed by atoms with Crippen LogP contribution in [-0.2, 0) is 4.79 Å². The molecule has 0 heterocycles. The largest absolute Gasteiger partial charge is 0.354 e. The third-order valence-electron chi connectivity index (χ3n) is 3.44. The Morgan fingerprint density at radius 3 is 2.20 bits per heavy atom. The van der Waals surface area contributed by atoms with Crippen LogP contribution in [0, 0.1) is 12.3 Å². The maximum atomic E-state index is 11.9. The van der Waals surface area contributed by atoms with Gasteiger partial charge in [0, 0.05) is 6.54 Å². The van der Waals surface area contributed by atoms with Crippen molar-refractivity contribution in [1.29, 1.82) is 0 Å². The summed E-state index contributed by atoms with van der Waals surface area (Å²) >= 11 is 0. The molecule has 114 valence electrons. The lowest BCUT2D eigenvalue weighted by Gasteiger charge is -2.26. The summed E-state index contributed by atoms with van der Waals surface area (Å²) in [5.41, 5.74) is 8.19. The van der Waals surface area contributed by atoms with E-state index in [0.29, 0.717) is 6.54 Å². The van der Waals surface area contributed by atoms with E-state index in [9.17, 15) is 4.79 Å². The van der Waals surface area contributed by atoms with Gasteiger partial charge in [-0.2, -0.15) is 0 Å². The molecule has 0 radical (unpaired) electrons. The number of aryl methyl sites for hydroxylation is 1. The van der Waals surface area contributed by atoms with Gasteiger partial charge >= 0.3 is 0 Å². The van der Waals surface area contributed by atoms with Gasteiger partial charge < -0.3 is 11.1 Å². The molecule has 0 aliphatic carbocycles. The topological polar surface area (TPSA) is 55.1 Å². The minimum absolute atomic E-state index is 0. The summed E-state index contributed by atoms with van der Waals surface area (Å²) in [7, 11) is 0. The fourth-order valence-corrected chi connectivity index (χ4v) is 1.77. The monoisotopic (exact) mass is 298 g/mol. The van der Waals surface area contributed by atoms with Crippen LogP contribution in [0.4, 0.5) is 0 Å². The molecule has 2 atom stereocenters. The summed E-state index contributed by atoms with van der Waals surface area (Å²) in [5, 5.41) is 2.94. The van der Waals surface area contributed by atoms with Crippen LogP contribution >= 0.6 is 12.4 Å². The van der Waals surface area contributed by atoms with Crippen LogP contribution < -0.4 is 11.1 Å². The third-order valence-corrected chi connectivity index (χ3v) is 3.44. The molecule has 1 aromatic rings. The van der Waals surface area contributed by atoms with Crippen LogP contribution in [0.1, 0.15) is 44.7 Å². The first-order valence-electron chi connectivity index (χ1n) is 6.81. The summed E-state index contributed by atoms with van der Waals surface area (Å²) < 4.78 is 0. The predicted octanol–water partition coefficient (Wildman–Crippen LogP) is 3.01. The molecule has 0 saturated carbocycles. The van der Waals surface area contributed by atoms with E-state index in [0.717, 1.165) is 0 Å². The number of carbonyl (C=O) groups is 1. The number of hydrogen-bond donors (Lipinski definition) is 2. The smallest absolute Gasteiger partial charge is 0.237 e. The van der Waals surface area contributed by atoms with Gasteiger partial charge in [0.1, 0.15) is 0 Å². The molecule has 0 bridgehead atoms. The van der Waals surface area contributed by atoms with Crippen molar-refractivity contribution in [1.82, 2.24) is 5.32 Å². The molecule has 3 N–H and O–H groups in total. The van der Waals surface area contributed by atoms with E-state index in [1.54, 1.807) is 0 Å². The van der Waals surface area contributed by atoms with Gasteiger partial charge in [-0.1, -0.05) is 57.5 Å². The van der Waals surface area contributed by atoms with E-state index in [4.69, 9.17) is 5.73 Å². The van der Waals surface area contributed by atoms with Crippen LogP contribution in [-0.4, -0.2) is 18.5 Å². The van der Waals surface area contributed by atoms with E-state index >= 15 is 0 Å². The van der Waals surface area contributed by atoms with Crippen LogP contribution in [0.2, 0.25) is 0 Å². The zero-order chi connectivity index (χ0) is 14.6. The van der Waals surface area contributed by atoms with Crippen LogP contribution in [0.15, 0.2) is 24.3 Å². The van der Waals surface area contributed by atoms with Crippen molar-refractivity contribution in [2.75, 3.05) is 6.54 Å². The zero-order valence-electron chi connectivity index (χ0n) is 13.1. The normalized spacial score (nSPS) is 14.1. The third kappa shape index (κ3) is 5.51. The number of amides is 1. The second-order valence-electron chi connectivity index (χ2n) is 6.40. The maximum absolute atomic E-state index is 11.9. The number of rotatable bonds is 4. The molecule has 1 aromatic carbocycles. The quantitative estimate of drug-likeness (QED) is 0.898.